The van der Waals surface area contributed by atoms with Gasteiger partial charge in [-0.15, -0.1) is 0 Å². The lowest BCUT2D eigenvalue weighted by atomic mass is 9.99. The van der Waals surface area contributed by atoms with Crippen LogP contribution in [0.1, 0.15) is 117 Å². The van der Waals surface area contributed by atoms with Crippen LogP contribution in [0.4, 0.5) is 0 Å². The van der Waals surface area contributed by atoms with Gasteiger partial charge in [0.25, 0.3) is 0 Å². The van der Waals surface area contributed by atoms with E-state index in [9.17, 15) is 14.7 Å². The van der Waals surface area contributed by atoms with Crippen molar-refractivity contribution >= 4 is 11.9 Å². The summed E-state index contributed by atoms with van der Waals surface area (Å²) in [7, 11) is 0. The van der Waals surface area contributed by atoms with Gasteiger partial charge < -0.3 is 10.2 Å². The van der Waals surface area contributed by atoms with Crippen molar-refractivity contribution in [1.82, 2.24) is 0 Å². The molecule has 0 heterocycles. The number of hydrogen-bond donors (Lipinski definition) is 2. The van der Waals surface area contributed by atoms with Gasteiger partial charge in [-0.1, -0.05) is 97.3 Å². The molecule has 0 aliphatic rings. The zero-order chi connectivity index (χ0) is 19.6. The first-order valence-corrected chi connectivity index (χ1v) is 10.7. The van der Waals surface area contributed by atoms with Gasteiger partial charge in [0.15, 0.2) is 0 Å². The van der Waals surface area contributed by atoms with E-state index in [4.69, 9.17) is 5.11 Å². The fraction of sp³-hybridized carbons (Fsp3) is 0.818. The zero-order valence-corrected chi connectivity index (χ0v) is 17.0. The van der Waals surface area contributed by atoms with Crippen molar-refractivity contribution in [3.63, 3.8) is 0 Å². The van der Waals surface area contributed by atoms with Crippen molar-refractivity contribution in [1.29, 1.82) is 0 Å². The lowest BCUT2D eigenvalue weighted by molar-refractivity contribution is -0.136. The van der Waals surface area contributed by atoms with E-state index in [0.29, 0.717) is 6.42 Å². The molecule has 0 radical (unpaired) electrons. The van der Waals surface area contributed by atoms with Gasteiger partial charge in [0, 0.05) is 11.1 Å². The van der Waals surface area contributed by atoms with Crippen molar-refractivity contribution in [3.8, 4) is 0 Å². The van der Waals surface area contributed by atoms with E-state index in [1.54, 1.807) is 6.92 Å². The van der Waals surface area contributed by atoms with E-state index in [0.717, 1.165) is 19.3 Å². The van der Waals surface area contributed by atoms with E-state index in [-0.39, 0.29) is 17.6 Å². The fourth-order valence-corrected chi connectivity index (χ4v) is 3.38. The molecule has 0 aromatic rings. The predicted octanol–water partition coefficient (Wildman–Crippen LogP) is 6.73. The second-order valence-electron chi connectivity index (χ2n) is 7.27. The van der Waals surface area contributed by atoms with Crippen molar-refractivity contribution < 1.29 is 19.8 Å². The summed E-state index contributed by atoms with van der Waals surface area (Å²) in [6, 6.07) is 0. The molecule has 0 bridgehead atoms. The highest BCUT2D eigenvalue weighted by atomic mass is 16.4. The Kier molecular flexibility index (Phi) is 16.2. The number of carboxylic acids is 2. The van der Waals surface area contributed by atoms with E-state index in [2.05, 4.69) is 6.92 Å². The molecule has 0 aliphatic carbocycles. The number of unbranched alkanes of at least 4 members (excludes halogenated alkanes) is 13. The molecule has 4 heteroatoms. The van der Waals surface area contributed by atoms with Crippen molar-refractivity contribution in [2.24, 2.45) is 0 Å². The smallest absolute Gasteiger partial charge is 0.332 e. The summed E-state index contributed by atoms with van der Waals surface area (Å²) in [5.74, 6) is -2.19. The van der Waals surface area contributed by atoms with Crippen LogP contribution in [0.3, 0.4) is 0 Å². The van der Waals surface area contributed by atoms with Gasteiger partial charge in [0.2, 0.25) is 0 Å². The van der Waals surface area contributed by atoms with Crippen LogP contribution in [0, 0.1) is 0 Å². The molecule has 0 atom stereocenters. The summed E-state index contributed by atoms with van der Waals surface area (Å²) in [4.78, 5) is 22.4. The van der Waals surface area contributed by atoms with Gasteiger partial charge in [0.1, 0.15) is 0 Å². The molecule has 0 saturated carbocycles. The summed E-state index contributed by atoms with van der Waals surface area (Å²) in [6.07, 6.45) is 18.1. The van der Waals surface area contributed by atoms with Crippen LogP contribution in [0.15, 0.2) is 11.1 Å². The Balaban J connectivity index is 3.63. The monoisotopic (exact) mass is 368 g/mol. The summed E-state index contributed by atoms with van der Waals surface area (Å²) in [6.45, 7) is 3.94. The molecule has 0 unspecified atom stereocenters. The van der Waals surface area contributed by atoms with Crippen LogP contribution >= 0.6 is 0 Å². The van der Waals surface area contributed by atoms with Crippen LogP contribution in [0.25, 0.3) is 0 Å². The number of rotatable bonds is 18. The Morgan fingerprint density at radius 2 is 0.885 bits per heavy atom. The molecule has 2 N–H and O–H groups in total. The first kappa shape index (κ1) is 24.7. The molecular weight excluding hydrogens is 328 g/mol. The van der Waals surface area contributed by atoms with Crippen molar-refractivity contribution in [3.05, 3.63) is 11.1 Å². The topological polar surface area (TPSA) is 74.6 Å². The van der Waals surface area contributed by atoms with Crippen molar-refractivity contribution in [2.75, 3.05) is 0 Å². The van der Waals surface area contributed by atoms with Gasteiger partial charge >= 0.3 is 11.9 Å². The third-order valence-corrected chi connectivity index (χ3v) is 5.01. The molecule has 0 aromatic heterocycles. The minimum atomic E-state index is -1.10. The standard InChI is InChI=1S/C22H40O4/c1-3-5-6-7-8-9-10-11-12-13-14-15-16-17-18-20(22(25)26)19(4-2)21(23)24/h3-18H2,1-2H3,(H,23,24)(H,25,26)/b20-19+. The number of carbonyl (C=O) groups is 2. The Morgan fingerprint density at radius 3 is 1.19 bits per heavy atom. The average molecular weight is 369 g/mol. The molecule has 0 aliphatic heterocycles. The molecule has 0 rings (SSSR count). The number of carboxylic acid groups (broad SMARTS) is 2. The summed E-state index contributed by atoms with van der Waals surface area (Å²) >= 11 is 0. The SMILES string of the molecule is CCCCCCCCCCCCCCCC/C(C(=O)O)=C(/CC)C(=O)O. The van der Waals surface area contributed by atoms with Crippen molar-refractivity contribution in [2.45, 2.75) is 117 Å². The first-order valence-electron chi connectivity index (χ1n) is 10.7. The van der Waals surface area contributed by atoms with E-state index >= 15 is 0 Å². The van der Waals surface area contributed by atoms with Gasteiger partial charge in [-0.3, -0.25) is 0 Å². The molecule has 0 amide bonds. The summed E-state index contributed by atoms with van der Waals surface area (Å²) in [5.41, 5.74) is 0.131. The largest absolute Gasteiger partial charge is 0.478 e. The number of aliphatic carboxylic acids is 2. The lowest BCUT2D eigenvalue weighted by Crippen LogP contribution is -2.11. The fourth-order valence-electron chi connectivity index (χ4n) is 3.38. The van der Waals surface area contributed by atoms with Crippen LogP contribution in [-0.2, 0) is 9.59 Å². The highest BCUT2D eigenvalue weighted by Crippen LogP contribution is 2.18. The summed E-state index contributed by atoms with van der Waals surface area (Å²) in [5, 5.41) is 18.3. The third kappa shape index (κ3) is 13.0. The van der Waals surface area contributed by atoms with Gasteiger partial charge in [-0.05, 0) is 19.3 Å². The predicted molar refractivity (Wildman–Crippen MR) is 108 cm³/mol. The molecule has 0 aromatic carbocycles. The van der Waals surface area contributed by atoms with E-state index in [1.807, 2.05) is 0 Å². The quantitative estimate of drug-likeness (QED) is 0.208. The molecule has 26 heavy (non-hydrogen) atoms. The van der Waals surface area contributed by atoms with Gasteiger partial charge in [0.05, 0.1) is 0 Å². The Labute approximate surface area is 160 Å². The Hall–Kier alpha value is -1.32. The van der Waals surface area contributed by atoms with Crippen LogP contribution in [-0.4, -0.2) is 22.2 Å². The first-order chi connectivity index (χ1) is 12.5. The Morgan fingerprint density at radius 1 is 0.538 bits per heavy atom. The molecule has 0 spiro atoms. The molecule has 4 nitrogen and oxygen atoms in total. The Bertz CT molecular complexity index is 412. The van der Waals surface area contributed by atoms with E-state index < -0.39 is 11.9 Å². The normalized spacial score (nSPS) is 12.1. The average Bonchev–Trinajstić information content (AvgIpc) is 2.60. The minimum absolute atomic E-state index is 0.0483. The lowest BCUT2D eigenvalue weighted by Gasteiger charge is -2.07. The van der Waals surface area contributed by atoms with Crippen LogP contribution < -0.4 is 0 Å². The summed E-state index contributed by atoms with van der Waals surface area (Å²) < 4.78 is 0. The maximum absolute atomic E-state index is 11.2. The van der Waals surface area contributed by atoms with Crippen LogP contribution in [0.5, 0.6) is 0 Å². The maximum atomic E-state index is 11.2. The molecule has 0 fully saturated rings. The second kappa shape index (κ2) is 17.1. The molecule has 152 valence electrons. The zero-order valence-electron chi connectivity index (χ0n) is 17.0. The van der Waals surface area contributed by atoms with E-state index in [1.165, 1.54) is 70.6 Å². The third-order valence-electron chi connectivity index (χ3n) is 5.01. The highest BCUT2D eigenvalue weighted by molar-refractivity contribution is 5.98. The minimum Gasteiger partial charge on any atom is -0.478 e. The molecular formula is C22H40O4. The maximum Gasteiger partial charge on any atom is 0.332 e. The van der Waals surface area contributed by atoms with Gasteiger partial charge in [-0.25, -0.2) is 9.59 Å². The second-order valence-corrected chi connectivity index (χ2v) is 7.27. The number of hydrogen-bond acceptors (Lipinski definition) is 2. The molecule has 0 saturated heterocycles. The van der Waals surface area contributed by atoms with Gasteiger partial charge in [-0.2, -0.15) is 0 Å². The van der Waals surface area contributed by atoms with Crippen LogP contribution in [0.2, 0.25) is 0 Å². The highest BCUT2D eigenvalue weighted by Gasteiger charge is 2.17.